The standard InChI is InChI=1S/C12H24N2S/c1-2-14(12-7-8-15-9-12)11-5-3-10(13)4-6-11/h10-12H,2-9,13H2,1H3. The van der Waals surface area contributed by atoms with Gasteiger partial charge in [-0.25, -0.2) is 0 Å². The van der Waals surface area contributed by atoms with E-state index in [4.69, 9.17) is 5.73 Å². The number of hydrogen-bond donors (Lipinski definition) is 1. The van der Waals surface area contributed by atoms with Crippen LogP contribution in [0.2, 0.25) is 0 Å². The van der Waals surface area contributed by atoms with Crippen molar-refractivity contribution in [1.82, 2.24) is 4.90 Å². The van der Waals surface area contributed by atoms with Crippen molar-refractivity contribution in [3.8, 4) is 0 Å². The summed E-state index contributed by atoms with van der Waals surface area (Å²) in [6.45, 7) is 3.54. The third kappa shape index (κ3) is 2.89. The molecule has 1 atom stereocenters. The Labute approximate surface area is 98.0 Å². The van der Waals surface area contributed by atoms with Gasteiger partial charge < -0.3 is 5.73 Å². The SMILES string of the molecule is CCN(C1CCC(N)CC1)C1CCSC1. The Bertz CT molecular complexity index is 184. The average Bonchev–Trinajstić information content (AvgIpc) is 2.75. The Kier molecular flexibility index (Phi) is 4.35. The van der Waals surface area contributed by atoms with Crippen molar-refractivity contribution in [1.29, 1.82) is 0 Å². The number of nitrogens with two attached hydrogens (primary N) is 1. The molecule has 1 heterocycles. The van der Waals surface area contributed by atoms with Crippen LogP contribution in [-0.2, 0) is 0 Å². The van der Waals surface area contributed by atoms with Gasteiger partial charge in [-0.2, -0.15) is 11.8 Å². The summed E-state index contributed by atoms with van der Waals surface area (Å²) in [6.07, 6.45) is 6.54. The van der Waals surface area contributed by atoms with E-state index in [1.165, 1.54) is 50.2 Å². The lowest BCUT2D eigenvalue weighted by Crippen LogP contribution is -2.46. The zero-order valence-electron chi connectivity index (χ0n) is 9.82. The fourth-order valence-corrected chi connectivity index (χ4v) is 4.27. The van der Waals surface area contributed by atoms with Gasteiger partial charge in [0.05, 0.1) is 0 Å². The third-order valence-electron chi connectivity index (χ3n) is 3.95. The molecule has 0 amide bonds. The fraction of sp³-hybridized carbons (Fsp3) is 1.00. The Morgan fingerprint density at radius 2 is 1.87 bits per heavy atom. The zero-order valence-corrected chi connectivity index (χ0v) is 10.6. The first-order valence-electron chi connectivity index (χ1n) is 6.40. The van der Waals surface area contributed by atoms with E-state index in [-0.39, 0.29) is 0 Å². The van der Waals surface area contributed by atoms with Gasteiger partial charge >= 0.3 is 0 Å². The highest BCUT2D eigenvalue weighted by Crippen LogP contribution is 2.29. The summed E-state index contributed by atoms with van der Waals surface area (Å²) in [4.78, 5) is 2.76. The van der Waals surface area contributed by atoms with Crippen molar-refractivity contribution in [2.45, 2.75) is 57.2 Å². The van der Waals surface area contributed by atoms with E-state index in [1.54, 1.807) is 0 Å². The smallest absolute Gasteiger partial charge is 0.0197 e. The zero-order chi connectivity index (χ0) is 10.7. The van der Waals surface area contributed by atoms with Crippen molar-refractivity contribution in [3.05, 3.63) is 0 Å². The molecule has 1 saturated heterocycles. The first kappa shape index (κ1) is 11.7. The monoisotopic (exact) mass is 228 g/mol. The van der Waals surface area contributed by atoms with E-state index in [0.717, 1.165) is 12.1 Å². The molecule has 3 heteroatoms. The summed E-state index contributed by atoms with van der Waals surface area (Å²) in [5, 5.41) is 0. The van der Waals surface area contributed by atoms with E-state index in [1.807, 2.05) is 0 Å². The van der Waals surface area contributed by atoms with Gasteiger partial charge in [0.25, 0.3) is 0 Å². The highest BCUT2D eigenvalue weighted by molar-refractivity contribution is 7.99. The number of thioether (sulfide) groups is 1. The molecule has 2 fully saturated rings. The van der Waals surface area contributed by atoms with E-state index in [0.29, 0.717) is 6.04 Å². The minimum Gasteiger partial charge on any atom is -0.328 e. The van der Waals surface area contributed by atoms with Gasteiger partial charge in [-0.3, -0.25) is 4.90 Å². The minimum atomic E-state index is 0.484. The van der Waals surface area contributed by atoms with Crippen molar-refractivity contribution >= 4 is 11.8 Å². The van der Waals surface area contributed by atoms with Crippen molar-refractivity contribution in [2.75, 3.05) is 18.1 Å². The molecular weight excluding hydrogens is 204 g/mol. The number of hydrogen-bond acceptors (Lipinski definition) is 3. The topological polar surface area (TPSA) is 29.3 Å². The Hall–Kier alpha value is 0.270. The number of rotatable bonds is 3. The molecule has 0 bridgehead atoms. The second-order valence-electron chi connectivity index (χ2n) is 4.92. The molecule has 1 saturated carbocycles. The van der Waals surface area contributed by atoms with Crippen molar-refractivity contribution in [2.24, 2.45) is 5.73 Å². The molecule has 0 aromatic carbocycles. The van der Waals surface area contributed by atoms with E-state index < -0.39 is 0 Å². The van der Waals surface area contributed by atoms with Gasteiger partial charge in [0, 0.05) is 23.9 Å². The van der Waals surface area contributed by atoms with Crippen LogP contribution in [0.4, 0.5) is 0 Å². The Morgan fingerprint density at radius 1 is 1.13 bits per heavy atom. The molecule has 1 unspecified atom stereocenters. The van der Waals surface area contributed by atoms with Gasteiger partial charge in [0.1, 0.15) is 0 Å². The van der Waals surface area contributed by atoms with Gasteiger partial charge in [0.15, 0.2) is 0 Å². The lowest BCUT2D eigenvalue weighted by Gasteiger charge is -2.39. The maximum atomic E-state index is 5.97. The molecule has 88 valence electrons. The Morgan fingerprint density at radius 3 is 2.40 bits per heavy atom. The van der Waals surface area contributed by atoms with Gasteiger partial charge in [0.2, 0.25) is 0 Å². The first-order valence-corrected chi connectivity index (χ1v) is 7.55. The van der Waals surface area contributed by atoms with Crippen LogP contribution < -0.4 is 5.73 Å². The summed E-state index contributed by atoms with van der Waals surface area (Å²) in [5.74, 6) is 2.73. The van der Waals surface area contributed by atoms with E-state index in [9.17, 15) is 0 Å². The maximum absolute atomic E-state index is 5.97. The molecule has 2 nitrogen and oxygen atoms in total. The Balaban J connectivity index is 1.88. The predicted octanol–water partition coefficient (Wildman–Crippen LogP) is 2.08. The second kappa shape index (κ2) is 5.55. The first-order chi connectivity index (χ1) is 7.31. The summed E-state index contributed by atoms with van der Waals surface area (Å²) in [5.41, 5.74) is 5.97. The highest BCUT2D eigenvalue weighted by Gasteiger charge is 2.29. The highest BCUT2D eigenvalue weighted by atomic mass is 32.2. The molecule has 15 heavy (non-hydrogen) atoms. The van der Waals surface area contributed by atoms with E-state index in [2.05, 4.69) is 23.6 Å². The van der Waals surface area contributed by atoms with Crippen LogP contribution in [0.25, 0.3) is 0 Å². The van der Waals surface area contributed by atoms with E-state index >= 15 is 0 Å². The van der Waals surface area contributed by atoms with Crippen molar-refractivity contribution in [3.63, 3.8) is 0 Å². The van der Waals surface area contributed by atoms with Gasteiger partial charge in [-0.05, 0) is 44.4 Å². The molecule has 0 aromatic heterocycles. The average molecular weight is 228 g/mol. The van der Waals surface area contributed by atoms with Crippen LogP contribution in [0.3, 0.4) is 0 Å². The maximum Gasteiger partial charge on any atom is 0.0197 e. The lowest BCUT2D eigenvalue weighted by atomic mass is 9.90. The van der Waals surface area contributed by atoms with Crippen LogP contribution in [0, 0.1) is 0 Å². The quantitative estimate of drug-likeness (QED) is 0.802. The second-order valence-corrected chi connectivity index (χ2v) is 6.07. The van der Waals surface area contributed by atoms with Crippen LogP contribution in [0.15, 0.2) is 0 Å². The molecule has 2 N–H and O–H groups in total. The fourth-order valence-electron chi connectivity index (χ4n) is 3.03. The summed E-state index contributed by atoms with van der Waals surface area (Å²) < 4.78 is 0. The summed E-state index contributed by atoms with van der Waals surface area (Å²) in [7, 11) is 0. The third-order valence-corrected chi connectivity index (χ3v) is 5.10. The van der Waals surface area contributed by atoms with Crippen molar-refractivity contribution < 1.29 is 0 Å². The normalized spacial score (nSPS) is 37.4. The molecule has 1 aliphatic heterocycles. The van der Waals surface area contributed by atoms with Crippen LogP contribution >= 0.6 is 11.8 Å². The summed E-state index contributed by atoms with van der Waals surface area (Å²) >= 11 is 2.12. The molecule has 2 aliphatic rings. The number of nitrogens with zero attached hydrogens (tertiary/aromatic N) is 1. The minimum absolute atomic E-state index is 0.484. The van der Waals surface area contributed by atoms with Gasteiger partial charge in [-0.1, -0.05) is 6.92 Å². The molecule has 0 radical (unpaired) electrons. The molecule has 2 rings (SSSR count). The van der Waals surface area contributed by atoms with Crippen LogP contribution in [-0.4, -0.2) is 41.1 Å². The largest absolute Gasteiger partial charge is 0.328 e. The van der Waals surface area contributed by atoms with Crippen LogP contribution in [0.5, 0.6) is 0 Å². The molecular formula is C12H24N2S. The molecule has 0 aromatic rings. The van der Waals surface area contributed by atoms with Crippen LogP contribution in [0.1, 0.15) is 39.0 Å². The molecule has 1 aliphatic carbocycles. The van der Waals surface area contributed by atoms with Gasteiger partial charge in [-0.15, -0.1) is 0 Å². The lowest BCUT2D eigenvalue weighted by molar-refractivity contribution is 0.117. The predicted molar refractivity (Wildman–Crippen MR) is 68.3 cm³/mol. The summed E-state index contributed by atoms with van der Waals surface area (Å²) in [6, 6.07) is 2.18. The molecule has 0 spiro atoms.